The van der Waals surface area contributed by atoms with Gasteiger partial charge in [0.2, 0.25) is 5.56 Å². The molecule has 4 heteroatoms. The van der Waals surface area contributed by atoms with Crippen LogP contribution >= 0.6 is 0 Å². The third-order valence-electron chi connectivity index (χ3n) is 0.681. The van der Waals surface area contributed by atoms with Crippen LogP contribution in [0.2, 0.25) is 0 Å². The molecule has 0 bridgehead atoms. The fourth-order valence-corrected chi connectivity index (χ4v) is 0.377. The zero-order chi connectivity index (χ0) is 7.11. The Labute approximate surface area is 60.9 Å². The van der Waals surface area contributed by atoms with Crippen molar-refractivity contribution in [3.05, 3.63) is 34.7 Å². The number of nitrogens with one attached hydrogen (secondary N) is 1. The molecule has 0 aliphatic rings. The molecule has 0 saturated heterocycles. The summed E-state index contributed by atoms with van der Waals surface area (Å²) < 4.78 is 6.75. The van der Waals surface area contributed by atoms with Gasteiger partial charge in [0, 0.05) is 12.3 Å². The second-order valence-corrected chi connectivity index (χ2v) is 1.23. The number of H-pyrrole nitrogens is 1. The molecule has 0 saturated carbocycles. The van der Waals surface area contributed by atoms with E-state index in [1.165, 1.54) is 6.07 Å². The first kappa shape index (κ1) is 8.43. The monoisotopic (exact) mass is 168 g/mol. The van der Waals surface area contributed by atoms with Gasteiger partial charge in [-0.3, -0.25) is 4.79 Å². The molecule has 1 aromatic heterocycles. The molecular formula is C5H6FeNO2. The van der Waals surface area contributed by atoms with E-state index < -0.39 is 0 Å². The minimum absolute atomic E-state index is 0.0532. The molecule has 1 heterocycles. The Bertz CT molecular complexity index is 181. The summed E-state index contributed by atoms with van der Waals surface area (Å²) in [6.45, 7) is 0. The van der Waals surface area contributed by atoms with Crippen LogP contribution in [0.15, 0.2) is 29.2 Å². The molecule has 0 spiro atoms. The van der Waals surface area contributed by atoms with Crippen molar-refractivity contribution in [2.24, 2.45) is 0 Å². The van der Waals surface area contributed by atoms with Gasteiger partial charge in [0.05, 0.1) is 0 Å². The molecule has 0 atom stereocenters. The summed E-state index contributed by atoms with van der Waals surface area (Å²) in [6.07, 6.45) is 1.60. The minimum atomic E-state index is -0.0532. The normalized spacial score (nSPS) is 7.33. The summed E-state index contributed by atoms with van der Waals surface area (Å²) in [6, 6.07) is 4.93. The van der Waals surface area contributed by atoms with Crippen LogP contribution in [0.3, 0.4) is 0 Å². The summed E-state index contributed by atoms with van der Waals surface area (Å²) in [5.41, 5.74) is -0.0532. The molecule has 3 nitrogen and oxygen atoms in total. The first-order valence-electron chi connectivity index (χ1n) is 2.19. The van der Waals surface area contributed by atoms with E-state index in [0.29, 0.717) is 0 Å². The fourth-order valence-electron chi connectivity index (χ4n) is 0.377. The van der Waals surface area contributed by atoms with Gasteiger partial charge in [-0.05, 0) is 6.07 Å². The van der Waals surface area contributed by atoms with Crippen LogP contribution in [0.25, 0.3) is 0 Å². The third-order valence-corrected chi connectivity index (χ3v) is 0.681. The van der Waals surface area contributed by atoms with Gasteiger partial charge in [-0.1, -0.05) is 6.07 Å². The summed E-state index contributed by atoms with van der Waals surface area (Å²) in [5, 5.41) is 0. The first-order valence-corrected chi connectivity index (χ1v) is 2.68. The zero-order valence-electron chi connectivity index (χ0n) is 4.52. The van der Waals surface area contributed by atoms with E-state index in [9.17, 15) is 4.79 Å². The predicted octanol–water partition coefficient (Wildman–Crippen LogP) is -0.185. The molecule has 0 aromatic carbocycles. The second kappa shape index (κ2) is 5.56. The maximum atomic E-state index is 10.2. The summed E-state index contributed by atoms with van der Waals surface area (Å²) in [5.74, 6) is 0. The van der Waals surface area contributed by atoms with Gasteiger partial charge in [0.1, 0.15) is 0 Å². The van der Waals surface area contributed by atoms with Crippen molar-refractivity contribution in [1.82, 2.24) is 4.98 Å². The van der Waals surface area contributed by atoms with Gasteiger partial charge < -0.3 is 4.98 Å². The van der Waals surface area contributed by atoms with Gasteiger partial charge in [0.15, 0.2) is 0 Å². The average molecular weight is 168 g/mol. The molecule has 0 fully saturated rings. The Kier molecular flexibility index (Phi) is 5.21. The van der Waals surface area contributed by atoms with Crippen LogP contribution in [-0.2, 0) is 16.3 Å². The Morgan fingerprint density at radius 1 is 1.44 bits per heavy atom. The number of rotatable bonds is 0. The van der Waals surface area contributed by atoms with E-state index in [0.717, 1.165) is 0 Å². The van der Waals surface area contributed by atoms with Gasteiger partial charge in [-0.15, -0.1) is 0 Å². The van der Waals surface area contributed by atoms with E-state index in [1.807, 2.05) is 0 Å². The molecule has 51 valence electrons. The number of hydrogen-bond acceptors (Lipinski definition) is 2. The Hall–Kier alpha value is -0.571. The van der Waals surface area contributed by atoms with Crippen molar-refractivity contribution >= 4 is 0 Å². The van der Waals surface area contributed by atoms with Crippen LogP contribution < -0.4 is 5.56 Å². The Morgan fingerprint density at radius 2 is 2.11 bits per heavy atom. The number of aromatic nitrogens is 1. The molecule has 0 unspecified atom stereocenters. The molecule has 0 aliphatic carbocycles. The molecular weight excluding hydrogens is 162 g/mol. The molecule has 1 aromatic rings. The number of hydrogen-bond donors (Lipinski definition) is 2. The van der Waals surface area contributed by atoms with Crippen molar-refractivity contribution in [2.75, 3.05) is 0 Å². The maximum absolute atomic E-state index is 10.2. The molecule has 0 amide bonds. The van der Waals surface area contributed by atoms with Gasteiger partial charge in [-0.2, -0.15) is 0 Å². The van der Waals surface area contributed by atoms with Crippen LogP contribution in [0.4, 0.5) is 0 Å². The molecule has 0 aliphatic heterocycles. The van der Waals surface area contributed by atoms with Crippen molar-refractivity contribution in [2.45, 2.75) is 0 Å². The SMILES string of the molecule is O=c1cccc[nH]1.[OH][Fe]. The van der Waals surface area contributed by atoms with Crippen LogP contribution in [0.1, 0.15) is 0 Å². The standard InChI is InChI=1S/C5H5NO.Fe.H2O/c7-5-3-1-2-4-6-5;;/h1-4H,(H,6,7);;1H2/q;+1;/p-1. The second-order valence-electron chi connectivity index (χ2n) is 1.23. The van der Waals surface area contributed by atoms with Crippen molar-refractivity contribution in [3.8, 4) is 0 Å². The van der Waals surface area contributed by atoms with Crippen molar-refractivity contribution < 1.29 is 20.5 Å². The molecule has 2 N–H and O–H groups in total. The fraction of sp³-hybridized carbons (Fsp3) is 0. The van der Waals surface area contributed by atoms with Crippen LogP contribution in [0.5, 0.6) is 0 Å². The molecule has 9 heavy (non-hydrogen) atoms. The third kappa shape index (κ3) is 3.97. The topological polar surface area (TPSA) is 53.1 Å². The van der Waals surface area contributed by atoms with Gasteiger partial charge in [0.25, 0.3) is 0 Å². The summed E-state index contributed by atoms with van der Waals surface area (Å²) >= 11 is 2.25. The van der Waals surface area contributed by atoms with Crippen molar-refractivity contribution in [3.63, 3.8) is 0 Å². The molecule has 1 rings (SSSR count). The van der Waals surface area contributed by atoms with E-state index in [4.69, 9.17) is 4.19 Å². The van der Waals surface area contributed by atoms with Crippen LogP contribution in [0, 0.1) is 0 Å². The van der Waals surface area contributed by atoms with Crippen molar-refractivity contribution in [1.29, 1.82) is 0 Å². The quantitative estimate of drug-likeness (QED) is 0.527. The predicted molar refractivity (Wildman–Crippen MR) is 29.3 cm³/mol. The zero-order valence-corrected chi connectivity index (χ0v) is 5.62. The number of aromatic amines is 1. The molecule has 0 radical (unpaired) electrons. The van der Waals surface area contributed by atoms with E-state index in [2.05, 4.69) is 21.3 Å². The summed E-state index contributed by atoms with van der Waals surface area (Å²) in [4.78, 5) is 12.7. The van der Waals surface area contributed by atoms with Gasteiger partial charge in [-0.25, -0.2) is 0 Å². The van der Waals surface area contributed by atoms with E-state index in [-0.39, 0.29) is 5.56 Å². The average Bonchev–Trinajstić information content (AvgIpc) is 1.94. The van der Waals surface area contributed by atoms with Gasteiger partial charge >= 0.3 is 20.5 Å². The van der Waals surface area contributed by atoms with E-state index >= 15 is 0 Å². The Balaban J connectivity index is 0.000000291. The number of pyridine rings is 1. The Morgan fingerprint density at radius 3 is 2.33 bits per heavy atom. The first-order chi connectivity index (χ1) is 4.39. The van der Waals surface area contributed by atoms with E-state index in [1.54, 1.807) is 18.3 Å². The summed E-state index contributed by atoms with van der Waals surface area (Å²) in [7, 11) is 0. The van der Waals surface area contributed by atoms with Crippen LogP contribution in [-0.4, -0.2) is 9.17 Å².